The molecule has 1 saturated heterocycles. The Hall–Kier alpha value is -1.85. The Morgan fingerprint density at radius 1 is 1.25 bits per heavy atom. The summed E-state index contributed by atoms with van der Waals surface area (Å²) in [6.45, 7) is 7.97. The van der Waals surface area contributed by atoms with Crippen molar-refractivity contribution in [3.8, 4) is 5.69 Å². The Labute approximate surface area is 149 Å². The van der Waals surface area contributed by atoms with E-state index >= 15 is 0 Å². The maximum atomic E-state index is 12.4. The zero-order valence-electron chi connectivity index (χ0n) is 14.4. The van der Waals surface area contributed by atoms with Gasteiger partial charge in [-0.05, 0) is 63.9 Å². The van der Waals surface area contributed by atoms with Gasteiger partial charge in [-0.25, -0.2) is 4.68 Å². The van der Waals surface area contributed by atoms with Crippen molar-refractivity contribution < 1.29 is 4.79 Å². The molecule has 5 nitrogen and oxygen atoms in total. The molecule has 3 rings (SSSR count). The number of aromatic nitrogens is 2. The van der Waals surface area contributed by atoms with E-state index in [1.54, 1.807) is 6.20 Å². The second-order valence-electron chi connectivity index (χ2n) is 6.36. The first-order chi connectivity index (χ1) is 11.1. The van der Waals surface area contributed by atoms with Gasteiger partial charge in [-0.2, -0.15) is 5.10 Å². The van der Waals surface area contributed by atoms with E-state index in [2.05, 4.69) is 47.8 Å². The fourth-order valence-electron chi connectivity index (χ4n) is 3.04. The largest absolute Gasteiger partial charge is 0.323 e. The van der Waals surface area contributed by atoms with Gasteiger partial charge in [0, 0.05) is 5.92 Å². The maximum Gasteiger partial charge on any atom is 0.227 e. The Bertz CT molecular complexity index is 720. The van der Waals surface area contributed by atoms with Crippen molar-refractivity contribution in [1.82, 2.24) is 15.1 Å². The highest BCUT2D eigenvalue weighted by Crippen LogP contribution is 2.23. The van der Waals surface area contributed by atoms with Crippen LogP contribution in [0.2, 0.25) is 0 Å². The van der Waals surface area contributed by atoms with E-state index < -0.39 is 0 Å². The van der Waals surface area contributed by atoms with Crippen LogP contribution in [0.25, 0.3) is 5.69 Å². The predicted molar refractivity (Wildman–Crippen MR) is 99.2 cm³/mol. The third kappa shape index (κ3) is 3.79. The van der Waals surface area contributed by atoms with Crippen molar-refractivity contribution in [2.45, 2.75) is 33.6 Å². The van der Waals surface area contributed by atoms with Crippen LogP contribution in [0, 0.1) is 26.7 Å². The Morgan fingerprint density at radius 2 is 1.96 bits per heavy atom. The van der Waals surface area contributed by atoms with Gasteiger partial charge in [-0.3, -0.25) is 4.79 Å². The number of anilines is 1. The summed E-state index contributed by atoms with van der Waals surface area (Å²) in [4.78, 5) is 12.4. The van der Waals surface area contributed by atoms with Crippen molar-refractivity contribution in [3.05, 3.63) is 41.2 Å². The minimum Gasteiger partial charge on any atom is -0.323 e. The number of amides is 1. The summed E-state index contributed by atoms with van der Waals surface area (Å²) in [5.41, 5.74) is 5.18. The summed E-state index contributed by atoms with van der Waals surface area (Å²) >= 11 is 0. The Kier molecular flexibility index (Phi) is 6.02. The van der Waals surface area contributed by atoms with Gasteiger partial charge in [-0.1, -0.05) is 12.1 Å². The molecule has 1 aromatic carbocycles. The molecule has 24 heavy (non-hydrogen) atoms. The number of aryl methyl sites for hydroxylation is 2. The molecular formula is C18H25ClN4O. The number of hydrogen-bond acceptors (Lipinski definition) is 3. The van der Waals surface area contributed by atoms with Crippen molar-refractivity contribution in [3.63, 3.8) is 0 Å². The summed E-state index contributed by atoms with van der Waals surface area (Å²) in [7, 11) is 0. The molecule has 1 fully saturated rings. The SMILES string of the molecule is Cc1ccc(C)c(-n2ncc(NC(=O)C3CCNCC3)c2C)c1.Cl. The Balaban J connectivity index is 0.00000208. The van der Waals surface area contributed by atoms with Crippen molar-refractivity contribution in [1.29, 1.82) is 0 Å². The molecule has 0 atom stereocenters. The molecule has 0 radical (unpaired) electrons. The molecule has 1 aromatic heterocycles. The predicted octanol–water partition coefficient (Wildman–Crippen LogP) is 3.16. The lowest BCUT2D eigenvalue weighted by Gasteiger charge is -2.21. The summed E-state index contributed by atoms with van der Waals surface area (Å²) in [5.74, 6) is 0.204. The Morgan fingerprint density at radius 3 is 2.67 bits per heavy atom. The van der Waals surface area contributed by atoms with Crippen LogP contribution in [0.4, 0.5) is 5.69 Å². The van der Waals surface area contributed by atoms with E-state index in [0.29, 0.717) is 0 Å². The van der Waals surface area contributed by atoms with E-state index in [0.717, 1.165) is 48.6 Å². The molecule has 0 saturated carbocycles. The highest BCUT2D eigenvalue weighted by molar-refractivity contribution is 5.93. The van der Waals surface area contributed by atoms with E-state index in [1.807, 2.05) is 11.6 Å². The molecule has 1 aliphatic heterocycles. The van der Waals surface area contributed by atoms with Gasteiger partial charge in [0.15, 0.2) is 0 Å². The highest BCUT2D eigenvalue weighted by atomic mass is 35.5. The molecule has 0 bridgehead atoms. The molecule has 0 unspecified atom stereocenters. The van der Waals surface area contributed by atoms with Crippen molar-refractivity contribution in [2.75, 3.05) is 18.4 Å². The van der Waals surface area contributed by atoms with Crippen LogP contribution in [-0.2, 0) is 4.79 Å². The first-order valence-electron chi connectivity index (χ1n) is 8.20. The van der Waals surface area contributed by atoms with E-state index in [1.165, 1.54) is 5.56 Å². The van der Waals surface area contributed by atoms with Gasteiger partial charge in [0.05, 0.1) is 23.3 Å². The smallest absolute Gasteiger partial charge is 0.227 e. The first-order valence-corrected chi connectivity index (χ1v) is 8.20. The zero-order valence-corrected chi connectivity index (χ0v) is 15.2. The number of carbonyl (C=O) groups is 1. The number of halogens is 1. The second-order valence-corrected chi connectivity index (χ2v) is 6.36. The molecule has 0 spiro atoms. The minimum atomic E-state index is 0. The van der Waals surface area contributed by atoms with Gasteiger partial charge in [0.1, 0.15) is 0 Å². The third-order valence-corrected chi connectivity index (χ3v) is 4.57. The van der Waals surface area contributed by atoms with E-state index in [4.69, 9.17) is 0 Å². The van der Waals surface area contributed by atoms with Crippen LogP contribution in [0.5, 0.6) is 0 Å². The lowest BCUT2D eigenvalue weighted by molar-refractivity contribution is -0.120. The summed E-state index contributed by atoms with van der Waals surface area (Å²) < 4.78 is 1.90. The van der Waals surface area contributed by atoms with Crippen LogP contribution in [0.3, 0.4) is 0 Å². The molecule has 6 heteroatoms. The molecule has 2 heterocycles. The van der Waals surface area contributed by atoms with Gasteiger partial charge >= 0.3 is 0 Å². The molecule has 2 N–H and O–H groups in total. The van der Waals surface area contributed by atoms with E-state index in [-0.39, 0.29) is 24.2 Å². The van der Waals surface area contributed by atoms with Gasteiger partial charge < -0.3 is 10.6 Å². The average molecular weight is 349 g/mol. The number of carbonyl (C=O) groups excluding carboxylic acids is 1. The first kappa shape index (κ1) is 18.5. The average Bonchev–Trinajstić information content (AvgIpc) is 2.91. The van der Waals surface area contributed by atoms with Gasteiger partial charge in [0.25, 0.3) is 0 Å². The van der Waals surface area contributed by atoms with Gasteiger partial charge in [-0.15, -0.1) is 12.4 Å². The molecule has 1 aliphatic rings. The number of rotatable bonds is 3. The topological polar surface area (TPSA) is 59.0 Å². The standard InChI is InChI=1S/C18H24N4O.ClH/c1-12-4-5-13(2)17(10-12)22-14(3)16(11-20-22)21-18(23)15-6-8-19-9-7-15;/h4-5,10-11,15,19H,6-9H2,1-3H3,(H,21,23);1H. The second kappa shape index (κ2) is 7.81. The van der Waals surface area contributed by atoms with Crippen LogP contribution >= 0.6 is 12.4 Å². The summed E-state index contributed by atoms with van der Waals surface area (Å²) in [6, 6.07) is 6.31. The molecule has 2 aromatic rings. The number of piperidine rings is 1. The monoisotopic (exact) mass is 348 g/mol. The fourth-order valence-corrected chi connectivity index (χ4v) is 3.04. The van der Waals surface area contributed by atoms with E-state index in [9.17, 15) is 4.79 Å². The fraction of sp³-hybridized carbons (Fsp3) is 0.444. The molecule has 130 valence electrons. The lowest BCUT2D eigenvalue weighted by Crippen LogP contribution is -2.34. The van der Waals surface area contributed by atoms with Crippen LogP contribution < -0.4 is 10.6 Å². The number of nitrogens with one attached hydrogen (secondary N) is 2. The van der Waals surface area contributed by atoms with Crippen molar-refractivity contribution >= 4 is 24.0 Å². The number of benzene rings is 1. The van der Waals surface area contributed by atoms with Crippen LogP contribution in [-0.4, -0.2) is 28.8 Å². The zero-order chi connectivity index (χ0) is 16.4. The van der Waals surface area contributed by atoms with Crippen LogP contribution in [0.15, 0.2) is 24.4 Å². The number of nitrogens with zero attached hydrogens (tertiary/aromatic N) is 2. The molecule has 1 amide bonds. The molecule has 0 aliphatic carbocycles. The summed E-state index contributed by atoms with van der Waals surface area (Å²) in [5, 5.41) is 10.8. The third-order valence-electron chi connectivity index (χ3n) is 4.57. The minimum absolute atomic E-state index is 0. The maximum absolute atomic E-state index is 12.4. The molecular weight excluding hydrogens is 324 g/mol. The highest BCUT2D eigenvalue weighted by Gasteiger charge is 2.22. The number of hydrogen-bond donors (Lipinski definition) is 2. The lowest BCUT2D eigenvalue weighted by atomic mass is 9.97. The van der Waals surface area contributed by atoms with Crippen LogP contribution in [0.1, 0.15) is 29.7 Å². The summed E-state index contributed by atoms with van der Waals surface area (Å²) in [6.07, 6.45) is 3.54. The normalized spacial score (nSPS) is 15.0. The van der Waals surface area contributed by atoms with Crippen molar-refractivity contribution in [2.24, 2.45) is 5.92 Å². The van der Waals surface area contributed by atoms with Gasteiger partial charge in [0.2, 0.25) is 5.91 Å². The quantitative estimate of drug-likeness (QED) is 0.895.